The summed E-state index contributed by atoms with van der Waals surface area (Å²) in [5.74, 6) is 0.652. The third-order valence-electron chi connectivity index (χ3n) is 4.23. The van der Waals surface area contributed by atoms with Gasteiger partial charge in [-0.15, -0.1) is 0 Å². The molecule has 1 fully saturated rings. The normalized spacial score (nSPS) is 16.0. The summed E-state index contributed by atoms with van der Waals surface area (Å²) >= 11 is 0. The van der Waals surface area contributed by atoms with Crippen LogP contribution in [-0.2, 0) is 4.74 Å². The minimum atomic E-state index is -0.825. The monoisotopic (exact) mass is 282 g/mol. The molecule has 2 nitrogen and oxygen atoms in total. The van der Waals surface area contributed by atoms with Gasteiger partial charge in [-0.1, -0.05) is 42.5 Å². The second-order valence-electron chi connectivity index (χ2n) is 5.97. The maximum absolute atomic E-state index is 10.3. The Labute approximate surface area is 126 Å². The SMILES string of the molecule is Cc1ccc(C(O)OCC2CC2)c(C)c1-c1ccccc1. The standard InChI is InChI=1S/C19H22O2/c1-13-8-11-17(19(20)21-12-15-9-10-15)14(2)18(13)16-6-4-3-5-7-16/h3-8,11,15,19-20H,9-10,12H2,1-2H3. The molecule has 0 spiro atoms. The molecule has 0 amide bonds. The maximum Gasteiger partial charge on any atom is 0.181 e. The molecule has 2 aromatic rings. The maximum atomic E-state index is 10.3. The predicted octanol–water partition coefficient (Wildman–Crippen LogP) is 4.39. The number of aliphatic hydroxyl groups is 1. The van der Waals surface area contributed by atoms with Crippen LogP contribution in [0, 0.1) is 19.8 Å². The average Bonchev–Trinajstić information content (AvgIpc) is 3.30. The molecule has 2 heteroatoms. The smallest absolute Gasteiger partial charge is 0.181 e. The molecule has 1 N–H and O–H groups in total. The Morgan fingerprint density at radius 2 is 1.81 bits per heavy atom. The molecule has 0 heterocycles. The summed E-state index contributed by atoms with van der Waals surface area (Å²) in [5.41, 5.74) is 5.58. The van der Waals surface area contributed by atoms with Gasteiger partial charge in [0.15, 0.2) is 6.29 Å². The van der Waals surface area contributed by atoms with E-state index < -0.39 is 6.29 Å². The molecule has 2 aromatic carbocycles. The summed E-state index contributed by atoms with van der Waals surface area (Å²) in [6, 6.07) is 14.4. The molecule has 1 unspecified atom stereocenters. The van der Waals surface area contributed by atoms with E-state index in [1.807, 2.05) is 24.3 Å². The van der Waals surface area contributed by atoms with Crippen molar-refractivity contribution in [2.45, 2.75) is 33.0 Å². The highest BCUT2D eigenvalue weighted by molar-refractivity contribution is 5.72. The number of benzene rings is 2. The van der Waals surface area contributed by atoms with Crippen molar-refractivity contribution in [3.8, 4) is 11.1 Å². The van der Waals surface area contributed by atoms with Gasteiger partial charge in [0.1, 0.15) is 0 Å². The highest BCUT2D eigenvalue weighted by Crippen LogP contribution is 2.34. The molecule has 0 saturated heterocycles. The topological polar surface area (TPSA) is 29.5 Å². The molecule has 1 aliphatic rings. The summed E-state index contributed by atoms with van der Waals surface area (Å²) in [4.78, 5) is 0. The molecule has 1 atom stereocenters. The van der Waals surface area contributed by atoms with E-state index in [9.17, 15) is 5.11 Å². The fourth-order valence-corrected chi connectivity index (χ4v) is 2.78. The van der Waals surface area contributed by atoms with Crippen LogP contribution in [-0.4, -0.2) is 11.7 Å². The molecule has 110 valence electrons. The first-order valence-electron chi connectivity index (χ1n) is 7.62. The minimum Gasteiger partial charge on any atom is -0.364 e. The summed E-state index contributed by atoms with van der Waals surface area (Å²) in [5, 5.41) is 10.3. The fraction of sp³-hybridized carbons (Fsp3) is 0.368. The zero-order valence-corrected chi connectivity index (χ0v) is 12.7. The lowest BCUT2D eigenvalue weighted by molar-refractivity contribution is -0.106. The highest BCUT2D eigenvalue weighted by Gasteiger charge is 2.24. The van der Waals surface area contributed by atoms with Gasteiger partial charge in [-0.25, -0.2) is 0 Å². The molecule has 0 radical (unpaired) electrons. The number of aliphatic hydroxyl groups excluding tert-OH is 1. The van der Waals surface area contributed by atoms with E-state index in [1.165, 1.54) is 29.5 Å². The van der Waals surface area contributed by atoms with Crippen LogP contribution in [0.3, 0.4) is 0 Å². The molecule has 0 aromatic heterocycles. The van der Waals surface area contributed by atoms with Crippen LogP contribution >= 0.6 is 0 Å². The Morgan fingerprint density at radius 1 is 1.10 bits per heavy atom. The molecule has 21 heavy (non-hydrogen) atoms. The van der Waals surface area contributed by atoms with Crippen LogP contribution < -0.4 is 0 Å². The summed E-state index contributed by atoms with van der Waals surface area (Å²) in [6.07, 6.45) is 1.64. The van der Waals surface area contributed by atoms with Crippen molar-refractivity contribution in [1.29, 1.82) is 0 Å². The van der Waals surface area contributed by atoms with E-state index in [2.05, 4.69) is 32.0 Å². The van der Waals surface area contributed by atoms with Crippen molar-refractivity contribution in [2.24, 2.45) is 5.92 Å². The number of ether oxygens (including phenoxy) is 1. The van der Waals surface area contributed by atoms with Gasteiger partial charge in [-0.2, -0.15) is 0 Å². The molecule has 0 aliphatic heterocycles. The van der Waals surface area contributed by atoms with Crippen molar-refractivity contribution in [3.05, 3.63) is 59.2 Å². The van der Waals surface area contributed by atoms with Gasteiger partial charge < -0.3 is 9.84 Å². The van der Waals surface area contributed by atoms with Crippen molar-refractivity contribution in [2.75, 3.05) is 6.61 Å². The van der Waals surface area contributed by atoms with Crippen LogP contribution in [0.1, 0.15) is 35.8 Å². The van der Waals surface area contributed by atoms with Gasteiger partial charge in [0.25, 0.3) is 0 Å². The van der Waals surface area contributed by atoms with E-state index in [4.69, 9.17) is 4.74 Å². The zero-order valence-electron chi connectivity index (χ0n) is 12.7. The largest absolute Gasteiger partial charge is 0.364 e. The quantitative estimate of drug-likeness (QED) is 0.824. The summed E-state index contributed by atoms with van der Waals surface area (Å²) in [7, 11) is 0. The lowest BCUT2D eigenvalue weighted by Gasteiger charge is -2.19. The van der Waals surface area contributed by atoms with E-state index in [0.29, 0.717) is 12.5 Å². The van der Waals surface area contributed by atoms with E-state index in [1.54, 1.807) is 0 Å². The van der Waals surface area contributed by atoms with Gasteiger partial charge in [-0.05, 0) is 54.9 Å². The Kier molecular flexibility index (Phi) is 4.09. The third kappa shape index (κ3) is 3.17. The Balaban J connectivity index is 1.91. The first kappa shape index (κ1) is 14.3. The van der Waals surface area contributed by atoms with Crippen LogP contribution in [0.5, 0.6) is 0 Å². The Morgan fingerprint density at radius 3 is 2.48 bits per heavy atom. The number of rotatable bonds is 5. The van der Waals surface area contributed by atoms with E-state index >= 15 is 0 Å². The zero-order chi connectivity index (χ0) is 14.8. The third-order valence-corrected chi connectivity index (χ3v) is 4.23. The Hall–Kier alpha value is -1.64. The van der Waals surface area contributed by atoms with Crippen LogP contribution in [0.25, 0.3) is 11.1 Å². The van der Waals surface area contributed by atoms with Crippen molar-refractivity contribution >= 4 is 0 Å². The van der Waals surface area contributed by atoms with Gasteiger partial charge >= 0.3 is 0 Å². The highest BCUT2D eigenvalue weighted by atomic mass is 16.6. The molecular weight excluding hydrogens is 260 g/mol. The summed E-state index contributed by atoms with van der Waals surface area (Å²) < 4.78 is 5.62. The van der Waals surface area contributed by atoms with Gasteiger partial charge in [0, 0.05) is 5.56 Å². The van der Waals surface area contributed by atoms with Crippen molar-refractivity contribution in [3.63, 3.8) is 0 Å². The fourth-order valence-electron chi connectivity index (χ4n) is 2.78. The molecule has 1 saturated carbocycles. The Bertz CT molecular complexity index is 615. The van der Waals surface area contributed by atoms with Crippen LogP contribution in [0.15, 0.2) is 42.5 Å². The van der Waals surface area contributed by atoms with E-state index in [-0.39, 0.29) is 0 Å². The van der Waals surface area contributed by atoms with Gasteiger partial charge in [-0.3, -0.25) is 0 Å². The lowest BCUT2D eigenvalue weighted by Crippen LogP contribution is -2.08. The number of hydrogen-bond acceptors (Lipinski definition) is 2. The van der Waals surface area contributed by atoms with E-state index in [0.717, 1.165) is 11.1 Å². The van der Waals surface area contributed by atoms with Gasteiger partial charge in [0.2, 0.25) is 0 Å². The van der Waals surface area contributed by atoms with Crippen molar-refractivity contribution < 1.29 is 9.84 Å². The minimum absolute atomic E-state index is 0.652. The first-order chi connectivity index (χ1) is 10.2. The average molecular weight is 282 g/mol. The summed E-state index contributed by atoms with van der Waals surface area (Å²) in [6.45, 7) is 4.83. The predicted molar refractivity (Wildman–Crippen MR) is 85.0 cm³/mol. The molecule has 3 rings (SSSR count). The van der Waals surface area contributed by atoms with Gasteiger partial charge in [0.05, 0.1) is 6.61 Å². The van der Waals surface area contributed by atoms with Crippen molar-refractivity contribution in [1.82, 2.24) is 0 Å². The molecule has 0 bridgehead atoms. The molecule has 1 aliphatic carbocycles. The lowest BCUT2D eigenvalue weighted by atomic mass is 9.92. The number of aryl methyl sites for hydroxylation is 1. The van der Waals surface area contributed by atoms with Crippen LogP contribution in [0.2, 0.25) is 0 Å². The first-order valence-corrected chi connectivity index (χ1v) is 7.62. The van der Waals surface area contributed by atoms with Crippen LogP contribution in [0.4, 0.5) is 0 Å². The molecular formula is C19H22O2. The second-order valence-corrected chi connectivity index (χ2v) is 5.97. The second kappa shape index (κ2) is 6.00. The number of hydrogen-bond donors (Lipinski definition) is 1.